The molecule has 0 aliphatic carbocycles. The van der Waals surface area contributed by atoms with Gasteiger partial charge in [0, 0.05) is 24.2 Å². The monoisotopic (exact) mass is 552 g/mol. The number of ether oxygens (including phenoxy) is 1. The molecule has 0 bridgehead atoms. The van der Waals surface area contributed by atoms with E-state index in [1.807, 2.05) is 85.5 Å². The molecule has 4 aromatic carbocycles. The first kappa shape index (κ1) is 29.5. The number of para-hydroxylation sites is 1. The van der Waals surface area contributed by atoms with Crippen molar-refractivity contribution in [1.29, 1.82) is 0 Å². The first-order valence-electron chi connectivity index (χ1n) is 14.2. The summed E-state index contributed by atoms with van der Waals surface area (Å²) in [7, 11) is 0. The van der Waals surface area contributed by atoms with Gasteiger partial charge >= 0.3 is 0 Å². The third kappa shape index (κ3) is 7.40. The molecule has 4 aromatic rings. The largest absolute Gasteiger partial charge is 0.494 e. The van der Waals surface area contributed by atoms with Gasteiger partial charge in [-0.05, 0) is 79.3 Å². The number of carbonyl (C=O) groups excluding carboxylic acids is 2. The number of nitrogens with zero attached hydrogens (tertiary/aromatic N) is 1. The molecule has 0 saturated carbocycles. The molecule has 0 fully saturated rings. The fourth-order valence-electron chi connectivity index (χ4n) is 4.95. The van der Waals surface area contributed by atoms with Crippen LogP contribution in [0.3, 0.4) is 0 Å². The first-order valence-corrected chi connectivity index (χ1v) is 14.2. The van der Waals surface area contributed by atoms with Crippen molar-refractivity contribution in [2.45, 2.75) is 39.7 Å². The van der Waals surface area contributed by atoms with Crippen LogP contribution < -0.4 is 10.1 Å². The molecular weight excluding hydrogens is 515 g/mol. The van der Waals surface area contributed by atoms with Crippen molar-refractivity contribution in [2.24, 2.45) is 0 Å². The van der Waals surface area contributed by atoms with Gasteiger partial charge in [-0.1, -0.05) is 73.7 Å². The van der Waals surface area contributed by atoms with Gasteiger partial charge < -0.3 is 15.0 Å². The van der Waals surface area contributed by atoms with Gasteiger partial charge in [0.2, 0.25) is 0 Å². The maximum absolute atomic E-state index is 14.0. The van der Waals surface area contributed by atoms with Crippen molar-refractivity contribution in [3.8, 4) is 16.9 Å². The van der Waals surface area contributed by atoms with Crippen LogP contribution in [0.5, 0.6) is 5.75 Å². The number of benzene rings is 4. The van der Waals surface area contributed by atoms with Crippen molar-refractivity contribution in [2.75, 3.05) is 19.7 Å². The standard InChI is InChI=1S/C35H37FN2O3/c1-4-23-38(24-22-27-12-6-11-17-33(27)41-5-2)35(40)32-16-10-8-14-30(32)29-13-7-9-15-31(29)34(39)37-25(3)26-18-20-28(36)21-19-26/h6-21,25H,4-5,22-24H2,1-3H3,(H,37,39). The van der Waals surface area contributed by atoms with Crippen LogP contribution in [0.1, 0.15) is 65.1 Å². The maximum Gasteiger partial charge on any atom is 0.254 e. The van der Waals surface area contributed by atoms with E-state index in [1.165, 1.54) is 12.1 Å². The van der Waals surface area contributed by atoms with E-state index in [0.717, 1.165) is 23.3 Å². The molecular formula is C35H37FN2O3. The number of rotatable bonds is 12. The lowest BCUT2D eigenvalue weighted by molar-refractivity contribution is 0.0757. The van der Waals surface area contributed by atoms with Gasteiger partial charge in [0.1, 0.15) is 11.6 Å². The van der Waals surface area contributed by atoms with Gasteiger partial charge in [0.05, 0.1) is 12.6 Å². The number of hydrogen-bond donors (Lipinski definition) is 1. The van der Waals surface area contributed by atoms with E-state index in [-0.39, 0.29) is 23.7 Å². The highest BCUT2D eigenvalue weighted by Crippen LogP contribution is 2.29. The highest BCUT2D eigenvalue weighted by molar-refractivity contribution is 6.06. The predicted molar refractivity (Wildman–Crippen MR) is 162 cm³/mol. The number of carbonyl (C=O) groups is 2. The van der Waals surface area contributed by atoms with E-state index < -0.39 is 0 Å². The lowest BCUT2D eigenvalue weighted by Gasteiger charge is -2.24. The van der Waals surface area contributed by atoms with Gasteiger partial charge in [-0.3, -0.25) is 9.59 Å². The minimum atomic E-state index is -0.326. The zero-order valence-electron chi connectivity index (χ0n) is 23.9. The van der Waals surface area contributed by atoms with Crippen molar-refractivity contribution in [1.82, 2.24) is 10.2 Å². The summed E-state index contributed by atoms with van der Waals surface area (Å²) in [6.45, 7) is 7.61. The molecule has 0 heterocycles. The fourth-order valence-corrected chi connectivity index (χ4v) is 4.95. The number of amides is 2. The number of hydrogen-bond acceptors (Lipinski definition) is 3. The predicted octanol–water partition coefficient (Wildman–Crippen LogP) is 7.48. The molecule has 0 aromatic heterocycles. The van der Waals surface area contributed by atoms with E-state index in [0.29, 0.717) is 48.4 Å². The Labute approximate surface area is 242 Å². The summed E-state index contributed by atoms with van der Waals surface area (Å²) in [6, 6.07) is 28.4. The van der Waals surface area contributed by atoms with E-state index in [2.05, 4.69) is 12.2 Å². The Morgan fingerprint density at radius 1 is 0.805 bits per heavy atom. The van der Waals surface area contributed by atoms with E-state index in [1.54, 1.807) is 18.2 Å². The summed E-state index contributed by atoms with van der Waals surface area (Å²) in [5.74, 6) is 0.174. The Balaban J connectivity index is 1.60. The summed E-state index contributed by atoms with van der Waals surface area (Å²) >= 11 is 0. The minimum Gasteiger partial charge on any atom is -0.494 e. The van der Waals surface area contributed by atoms with Gasteiger partial charge in [-0.15, -0.1) is 0 Å². The molecule has 4 rings (SSSR count). The first-order chi connectivity index (χ1) is 19.9. The Kier molecular flexibility index (Phi) is 10.3. The average molecular weight is 553 g/mol. The van der Waals surface area contributed by atoms with Crippen LogP contribution in [0.4, 0.5) is 4.39 Å². The molecule has 0 radical (unpaired) electrons. The Morgan fingerprint density at radius 2 is 1.41 bits per heavy atom. The van der Waals surface area contributed by atoms with E-state index in [9.17, 15) is 14.0 Å². The average Bonchev–Trinajstić information content (AvgIpc) is 3.00. The van der Waals surface area contributed by atoms with Crippen LogP contribution >= 0.6 is 0 Å². The number of halogens is 1. The van der Waals surface area contributed by atoms with Crippen LogP contribution in [0.2, 0.25) is 0 Å². The maximum atomic E-state index is 14.0. The molecule has 0 spiro atoms. The number of nitrogens with one attached hydrogen (secondary N) is 1. The minimum absolute atomic E-state index is 0.0776. The van der Waals surface area contributed by atoms with E-state index in [4.69, 9.17) is 4.74 Å². The van der Waals surface area contributed by atoms with Crippen molar-refractivity contribution in [3.05, 3.63) is 125 Å². The fraction of sp³-hybridized carbons (Fsp3) is 0.257. The molecule has 0 aliphatic heterocycles. The molecule has 0 aliphatic rings. The van der Waals surface area contributed by atoms with Gasteiger partial charge in [0.15, 0.2) is 0 Å². The zero-order valence-corrected chi connectivity index (χ0v) is 23.9. The quantitative estimate of drug-likeness (QED) is 0.198. The lowest BCUT2D eigenvalue weighted by atomic mass is 9.94. The summed E-state index contributed by atoms with van der Waals surface area (Å²) in [5.41, 5.74) is 4.26. The van der Waals surface area contributed by atoms with Crippen molar-refractivity contribution < 1.29 is 18.7 Å². The smallest absolute Gasteiger partial charge is 0.254 e. The van der Waals surface area contributed by atoms with Crippen LogP contribution in [-0.4, -0.2) is 36.4 Å². The Morgan fingerprint density at radius 3 is 2.10 bits per heavy atom. The summed E-state index contributed by atoms with van der Waals surface area (Å²) < 4.78 is 19.2. The van der Waals surface area contributed by atoms with Gasteiger partial charge in [-0.2, -0.15) is 0 Å². The van der Waals surface area contributed by atoms with Crippen LogP contribution in [0, 0.1) is 5.82 Å². The topological polar surface area (TPSA) is 58.6 Å². The van der Waals surface area contributed by atoms with Gasteiger partial charge in [-0.25, -0.2) is 4.39 Å². The Hall–Kier alpha value is -4.45. The zero-order chi connectivity index (χ0) is 29.2. The second-order valence-electron chi connectivity index (χ2n) is 9.92. The summed E-state index contributed by atoms with van der Waals surface area (Å²) in [6.07, 6.45) is 1.49. The molecule has 0 saturated heterocycles. The van der Waals surface area contributed by atoms with Crippen molar-refractivity contribution in [3.63, 3.8) is 0 Å². The van der Waals surface area contributed by atoms with Crippen LogP contribution in [-0.2, 0) is 6.42 Å². The highest BCUT2D eigenvalue weighted by atomic mass is 19.1. The Bertz CT molecular complexity index is 1470. The van der Waals surface area contributed by atoms with Crippen LogP contribution in [0.25, 0.3) is 11.1 Å². The molecule has 5 nitrogen and oxygen atoms in total. The van der Waals surface area contributed by atoms with Gasteiger partial charge in [0.25, 0.3) is 11.8 Å². The molecule has 6 heteroatoms. The SMILES string of the molecule is CCCN(CCc1ccccc1OCC)C(=O)c1ccccc1-c1ccccc1C(=O)NC(C)c1ccc(F)cc1. The second kappa shape index (κ2) is 14.3. The third-order valence-corrected chi connectivity index (χ3v) is 7.04. The highest BCUT2D eigenvalue weighted by Gasteiger charge is 2.22. The third-order valence-electron chi connectivity index (χ3n) is 7.04. The lowest BCUT2D eigenvalue weighted by Crippen LogP contribution is -2.34. The molecule has 1 atom stereocenters. The van der Waals surface area contributed by atoms with Crippen molar-refractivity contribution >= 4 is 11.8 Å². The molecule has 1 unspecified atom stereocenters. The molecule has 2 amide bonds. The summed E-state index contributed by atoms with van der Waals surface area (Å²) in [5, 5.41) is 3.02. The normalized spacial score (nSPS) is 11.5. The molecule has 41 heavy (non-hydrogen) atoms. The molecule has 212 valence electrons. The molecule has 1 N–H and O–H groups in total. The van der Waals surface area contributed by atoms with Crippen LogP contribution in [0.15, 0.2) is 97.1 Å². The van der Waals surface area contributed by atoms with E-state index >= 15 is 0 Å². The summed E-state index contributed by atoms with van der Waals surface area (Å²) in [4.78, 5) is 29.3. The second-order valence-corrected chi connectivity index (χ2v) is 9.92.